The fourth-order valence-corrected chi connectivity index (χ4v) is 2.73. The van der Waals surface area contributed by atoms with Crippen molar-refractivity contribution < 1.29 is 9.90 Å². The SMILES string of the molecule is CCn1cc(CNC(=O)c2cccc(-c3cncc(C(C)(C)O)c3)c2)cn1. The van der Waals surface area contributed by atoms with Crippen LogP contribution in [0.5, 0.6) is 0 Å². The Morgan fingerprint density at radius 1 is 1.19 bits per heavy atom. The van der Waals surface area contributed by atoms with Crippen molar-refractivity contribution in [2.24, 2.45) is 0 Å². The highest BCUT2D eigenvalue weighted by molar-refractivity contribution is 5.95. The quantitative estimate of drug-likeness (QED) is 0.704. The van der Waals surface area contributed by atoms with Gasteiger partial charge in [-0.05, 0) is 44.5 Å². The standard InChI is InChI=1S/C21H24N4O2/c1-4-25-14-15(11-24-25)10-23-20(26)17-7-5-6-16(8-17)18-9-19(13-22-12-18)21(2,3)27/h5-9,11-14,27H,4,10H2,1-3H3,(H,23,26). The number of aliphatic hydroxyl groups is 1. The summed E-state index contributed by atoms with van der Waals surface area (Å²) < 4.78 is 1.82. The van der Waals surface area contributed by atoms with Crippen LogP contribution in [0.1, 0.15) is 42.3 Å². The van der Waals surface area contributed by atoms with Crippen LogP contribution in [0.15, 0.2) is 55.1 Å². The van der Waals surface area contributed by atoms with Crippen molar-refractivity contribution >= 4 is 5.91 Å². The molecule has 0 unspecified atom stereocenters. The Kier molecular flexibility index (Phi) is 5.37. The van der Waals surface area contributed by atoms with Crippen LogP contribution in [0.4, 0.5) is 0 Å². The van der Waals surface area contributed by atoms with Gasteiger partial charge >= 0.3 is 0 Å². The summed E-state index contributed by atoms with van der Waals surface area (Å²) in [6.45, 7) is 6.69. The van der Waals surface area contributed by atoms with Crippen LogP contribution in [0, 0.1) is 0 Å². The van der Waals surface area contributed by atoms with E-state index in [1.807, 2.05) is 42.1 Å². The highest BCUT2D eigenvalue weighted by Gasteiger charge is 2.17. The molecule has 0 aliphatic carbocycles. The van der Waals surface area contributed by atoms with Gasteiger partial charge in [0.1, 0.15) is 0 Å². The van der Waals surface area contributed by atoms with Crippen molar-refractivity contribution in [2.75, 3.05) is 0 Å². The Bertz CT molecular complexity index is 941. The van der Waals surface area contributed by atoms with Gasteiger partial charge < -0.3 is 10.4 Å². The number of hydrogen-bond acceptors (Lipinski definition) is 4. The fourth-order valence-electron chi connectivity index (χ4n) is 2.73. The molecule has 0 fully saturated rings. The molecule has 1 amide bonds. The van der Waals surface area contributed by atoms with E-state index in [0.29, 0.717) is 12.1 Å². The summed E-state index contributed by atoms with van der Waals surface area (Å²) in [5.74, 6) is -0.146. The van der Waals surface area contributed by atoms with Crippen molar-refractivity contribution in [3.8, 4) is 11.1 Å². The van der Waals surface area contributed by atoms with Crippen LogP contribution in [-0.4, -0.2) is 25.8 Å². The van der Waals surface area contributed by atoms with E-state index in [2.05, 4.69) is 15.4 Å². The first-order valence-electron chi connectivity index (χ1n) is 8.94. The molecule has 2 aromatic heterocycles. The summed E-state index contributed by atoms with van der Waals surface area (Å²) in [6.07, 6.45) is 7.06. The van der Waals surface area contributed by atoms with Crippen molar-refractivity contribution in [3.05, 3.63) is 71.8 Å². The molecule has 6 heteroatoms. The number of nitrogens with zero attached hydrogens (tertiary/aromatic N) is 3. The van der Waals surface area contributed by atoms with Gasteiger partial charge in [-0.2, -0.15) is 5.10 Å². The first-order chi connectivity index (χ1) is 12.9. The lowest BCUT2D eigenvalue weighted by Crippen LogP contribution is -2.22. The minimum absolute atomic E-state index is 0.146. The summed E-state index contributed by atoms with van der Waals surface area (Å²) >= 11 is 0. The van der Waals surface area contributed by atoms with Crippen LogP contribution in [0.2, 0.25) is 0 Å². The van der Waals surface area contributed by atoms with Crippen LogP contribution < -0.4 is 5.32 Å². The van der Waals surface area contributed by atoms with E-state index in [-0.39, 0.29) is 5.91 Å². The Labute approximate surface area is 158 Å². The minimum Gasteiger partial charge on any atom is -0.386 e. The lowest BCUT2D eigenvalue weighted by atomic mass is 9.96. The van der Waals surface area contributed by atoms with Crippen molar-refractivity contribution in [2.45, 2.75) is 39.5 Å². The van der Waals surface area contributed by atoms with Crippen LogP contribution >= 0.6 is 0 Å². The molecule has 0 atom stereocenters. The third kappa shape index (κ3) is 4.60. The molecule has 27 heavy (non-hydrogen) atoms. The number of nitrogens with one attached hydrogen (secondary N) is 1. The lowest BCUT2D eigenvalue weighted by Gasteiger charge is -2.18. The maximum absolute atomic E-state index is 12.5. The van der Waals surface area contributed by atoms with Gasteiger partial charge in [-0.25, -0.2) is 0 Å². The molecule has 2 N–H and O–H groups in total. The summed E-state index contributed by atoms with van der Waals surface area (Å²) in [7, 11) is 0. The first-order valence-corrected chi connectivity index (χ1v) is 8.94. The Balaban J connectivity index is 1.76. The van der Waals surface area contributed by atoms with Crippen LogP contribution in [0.25, 0.3) is 11.1 Å². The molecule has 140 valence electrons. The second kappa shape index (κ2) is 7.72. The largest absolute Gasteiger partial charge is 0.386 e. The highest BCUT2D eigenvalue weighted by Crippen LogP contribution is 2.25. The number of carbonyl (C=O) groups excluding carboxylic acids is 1. The van der Waals surface area contributed by atoms with Crippen LogP contribution in [0.3, 0.4) is 0 Å². The monoisotopic (exact) mass is 364 g/mol. The third-order valence-corrected chi connectivity index (χ3v) is 4.37. The zero-order valence-corrected chi connectivity index (χ0v) is 15.8. The number of carbonyl (C=O) groups is 1. The lowest BCUT2D eigenvalue weighted by molar-refractivity contribution is 0.0782. The molecule has 6 nitrogen and oxygen atoms in total. The molecule has 0 aliphatic heterocycles. The van der Waals surface area contributed by atoms with E-state index >= 15 is 0 Å². The molecule has 3 rings (SSSR count). The average molecular weight is 364 g/mol. The summed E-state index contributed by atoms with van der Waals surface area (Å²) in [5, 5.41) is 17.3. The van der Waals surface area contributed by atoms with E-state index in [4.69, 9.17) is 0 Å². The fraction of sp³-hybridized carbons (Fsp3) is 0.286. The van der Waals surface area contributed by atoms with E-state index in [9.17, 15) is 9.90 Å². The van der Waals surface area contributed by atoms with Gasteiger partial charge in [0.25, 0.3) is 5.91 Å². The smallest absolute Gasteiger partial charge is 0.251 e. The van der Waals surface area contributed by atoms with Gasteiger partial charge in [-0.15, -0.1) is 0 Å². The second-order valence-electron chi connectivity index (χ2n) is 6.99. The maximum Gasteiger partial charge on any atom is 0.251 e. The average Bonchev–Trinajstić information content (AvgIpc) is 3.14. The first kappa shape index (κ1) is 18.8. The predicted octanol–water partition coefficient (Wildman–Crippen LogP) is 3.12. The number of aromatic nitrogens is 3. The third-order valence-electron chi connectivity index (χ3n) is 4.37. The zero-order valence-electron chi connectivity index (χ0n) is 15.8. The number of amides is 1. The highest BCUT2D eigenvalue weighted by atomic mass is 16.3. The molecule has 3 aromatic rings. The molecule has 0 bridgehead atoms. The number of pyridine rings is 1. The molecule has 1 aromatic carbocycles. The van der Waals surface area contributed by atoms with E-state index in [1.165, 1.54) is 0 Å². The van der Waals surface area contributed by atoms with Gasteiger partial charge in [0.2, 0.25) is 0 Å². The number of hydrogen-bond donors (Lipinski definition) is 2. The number of aryl methyl sites for hydroxylation is 1. The Hall–Kier alpha value is -2.99. The predicted molar refractivity (Wildman–Crippen MR) is 104 cm³/mol. The van der Waals surface area contributed by atoms with Crippen molar-refractivity contribution in [3.63, 3.8) is 0 Å². The molecule has 0 saturated heterocycles. The molecular formula is C21H24N4O2. The molecule has 0 radical (unpaired) electrons. The van der Waals surface area contributed by atoms with Gasteiger partial charge in [-0.1, -0.05) is 12.1 Å². The Morgan fingerprint density at radius 2 is 2.00 bits per heavy atom. The Morgan fingerprint density at radius 3 is 2.70 bits per heavy atom. The molecule has 0 saturated carbocycles. The zero-order chi connectivity index (χ0) is 19.4. The topological polar surface area (TPSA) is 80.0 Å². The van der Waals surface area contributed by atoms with Gasteiger partial charge in [-0.3, -0.25) is 14.5 Å². The summed E-state index contributed by atoms with van der Waals surface area (Å²) in [6, 6.07) is 9.27. The molecule has 0 spiro atoms. The van der Waals surface area contributed by atoms with Crippen molar-refractivity contribution in [1.82, 2.24) is 20.1 Å². The van der Waals surface area contributed by atoms with Crippen LogP contribution in [-0.2, 0) is 18.7 Å². The summed E-state index contributed by atoms with van der Waals surface area (Å²) in [4.78, 5) is 16.7. The van der Waals surface area contributed by atoms with Gasteiger partial charge in [0.05, 0.1) is 11.8 Å². The molecule has 0 aliphatic rings. The van der Waals surface area contributed by atoms with E-state index in [0.717, 1.165) is 28.8 Å². The number of rotatable bonds is 6. The summed E-state index contributed by atoms with van der Waals surface area (Å²) in [5.41, 5.74) is 3.02. The molecule has 2 heterocycles. The second-order valence-corrected chi connectivity index (χ2v) is 6.99. The van der Waals surface area contributed by atoms with Crippen molar-refractivity contribution in [1.29, 1.82) is 0 Å². The van der Waals surface area contributed by atoms with Gasteiger partial charge in [0, 0.05) is 53.9 Å². The number of benzene rings is 1. The normalized spacial score (nSPS) is 11.4. The van der Waals surface area contributed by atoms with E-state index in [1.54, 1.807) is 38.5 Å². The molecular weight excluding hydrogens is 340 g/mol. The van der Waals surface area contributed by atoms with E-state index < -0.39 is 5.60 Å². The minimum atomic E-state index is -0.971. The maximum atomic E-state index is 12.5. The van der Waals surface area contributed by atoms with Gasteiger partial charge in [0.15, 0.2) is 0 Å².